The van der Waals surface area contributed by atoms with Gasteiger partial charge in [0.1, 0.15) is 12.6 Å². The molecule has 1 atom stereocenters. The summed E-state index contributed by atoms with van der Waals surface area (Å²) in [6.45, 7) is 4.54. The molecule has 20 heavy (non-hydrogen) atoms. The van der Waals surface area contributed by atoms with Crippen LogP contribution in [0.4, 0.5) is 0 Å². The molecule has 2 N–H and O–H groups in total. The molecule has 0 radical (unpaired) electrons. The molecule has 1 aromatic rings. The number of rotatable bonds is 3. The molecule has 0 amide bonds. The summed E-state index contributed by atoms with van der Waals surface area (Å²) < 4.78 is 11.3. The number of hydrogen-bond acceptors (Lipinski definition) is 3. The lowest BCUT2D eigenvalue weighted by molar-refractivity contribution is -0.908. The van der Waals surface area contributed by atoms with Gasteiger partial charge in [0, 0.05) is 6.42 Å². The molecule has 2 heterocycles. The monoisotopic (exact) mass is 278 g/mol. The molecule has 1 unspecified atom stereocenters. The second-order valence-corrected chi connectivity index (χ2v) is 5.79. The second kappa shape index (κ2) is 6.46. The van der Waals surface area contributed by atoms with Crippen LogP contribution in [0.15, 0.2) is 18.2 Å². The molecule has 3 rings (SSSR count). The topological polar surface area (TPSA) is 43.1 Å². The number of aliphatic hydroxyl groups is 1. The number of likely N-dealkylation sites (tertiary alicyclic amines) is 1. The van der Waals surface area contributed by atoms with Crippen LogP contribution in [0.3, 0.4) is 0 Å². The predicted molar refractivity (Wildman–Crippen MR) is 76.4 cm³/mol. The van der Waals surface area contributed by atoms with E-state index < -0.39 is 6.10 Å². The minimum atomic E-state index is -0.416. The Morgan fingerprint density at radius 1 is 1.00 bits per heavy atom. The third kappa shape index (κ3) is 3.25. The Morgan fingerprint density at radius 3 is 2.55 bits per heavy atom. The van der Waals surface area contributed by atoms with Crippen LogP contribution in [0.1, 0.15) is 37.4 Å². The second-order valence-electron chi connectivity index (χ2n) is 5.79. The summed E-state index contributed by atoms with van der Waals surface area (Å²) in [6, 6.07) is 5.82. The van der Waals surface area contributed by atoms with Crippen LogP contribution in [0, 0.1) is 0 Å². The maximum Gasteiger partial charge on any atom is 0.161 e. The van der Waals surface area contributed by atoms with Gasteiger partial charge in [0.05, 0.1) is 26.3 Å². The average molecular weight is 278 g/mol. The first-order valence-electron chi connectivity index (χ1n) is 7.74. The fourth-order valence-electron chi connectivity index (χ4n) is 3.03. The molecular weight excluding hydrogens is 254 g/mol. The Kier molecular flexibility index (Phi) is 4.43. The standard InChI is InChI=1S/C16H23NO3/c18-14(12-17-7-2-1-3-8-17)13-5-6-15-16(11-13)20-10-4-9-19-15/h5-6,11,14,18H,1-4,7-10,12H2/p+1. The SMILES string of the molecule is OC(C[NH+]1CCCCC1)c1ccc2c(c1)OCCCO2. The van der Waals surface area contributed by atoms with E-state index in [1.165, 1.54) is 37.3 Å². The summed E-state index contributed by atoms with van der Waals surface area (Å²) >= 11 is 0. The Balaban J connectivity index is 1.67. The molecule has 4 heteroatoms. The van der Waals surface area contributed by atoms with Crippen molar-refractivity contribution in [2.75, 3.05) is 32.8 Å². The van der Waals surface area contributed by atoms with Crippen LogP contribution < -0.4 is 14.4 Å². The summed E-state index contributed by atoms with van der Waals surface area (Å²) in [5.41, 5.74) is 0.937. The zero-order valence-corrected chi connectivity index (χ0v) is 11.9. The molecule has 0 aliphatic carbocycles. The lowest BCUT2D eigenvalue weighted by Gasteiger charge is -2.26. The van der Waals surface area contributed by atoms with Gasteiger partial charge in [-0.2, -0.15) is 0 Å². The van der Waals surface area contributed by atoms with Crippen molar-refractivity contribution in [2.24, 2.45) is 0 Å². The molecule has 110 valence electrons. The van der Waals surface area contributed by atoms with E-state index in [-0.39, 0.29) is 0 Å². The van der Waals surface area contributed by atoms with Crippen LogP contribution in [0.2, 0.25) is 0 Å². The first-order valence-corrected chi connectivity index (χ1v) is 7.74. The molecule has 2 aliphatic rings. The zero-order chi connectivity index (χ0) is 13.8. The first kappa shape index (κ1) is 13.7. The molecule has 1 saturated heterocycles. The maximum atomic E-state index is 10.4. The lowest BCUT2D eigenvalue weighted by Crippen LogP contribution is -3.13. The normalized spacial score (nSPS) is 21.2. The molecule has 1 fully saturated rings. The minimum absolute atomic E-state index is 0.416. The number of ether oxygens (including phenoxy) is 2. The van der Waals surface area contributed by atoms with E-state index in [2.05, 4.69) is 0 Å². The average Bonchev–Trinajstić information content (AvgIpc) is 2.72. The third-order valence-corrected chi connectivity index (χ3v) is 4.20. The number of aliphatic hydroxyl groups excluding tert-OH is 1. The molecule has 0 bridgehead atoms. The van der Waals surface area contributed by atoms with E-state index in [0.29, 0.717) is 13.2 Å². The highest BCUT2D eigenvalue weighted by molar-refractivity contribution is 5.44. The summed E-state index contributed by atoms with van der Waals surface area (Å²) in [4.78, 5) is 1.51. The fraction of sp³-hybridized carbons (Fsp3) is 0.625. The van der Waals surface area contributed by atoms with Gasteiger partial charge in [-0.05, 0) is 37.0 Å². The molecule has 2 aliphatic heterocycles. The van der Waals surface area contributed by atoms with Gasteiger partial charge in [0.2, 0.25) is 0 Å². The van der Waals surface area contributed by atoms with E-state index in [1.807, 2.05) is 18.2 Å². The van der Waals surface area contributed by atoms with Crippen molar-refractivity contribution >= 4 is 0 Å². The number of nitrogens with one attached hydrogen (secondary N) is 1. The van der Waals surface area contributed by atoms with Crippen LogP contribution >= 0.6 is 0 Å². The first-order chi connectivity index (χ1) is 9.83. The van der Waals surface area contributed by atoms with Crippen LogP contribution in [0.25, 0.3) is 0 Å². The molecule has 1 aromatic carbocycles. The van der Waals surface area contributed by atoms with Crippen LogP contribution in [0.5, 0.6) is 11.5 Å². The van der Waals surface area contributed by atoms with Crippen molar-refractivity contribution in [3.8, 4) is 11.5 Å². The molecule has 4 nitrogen and oxygen atoms in total. The largest absolute Gasteiger partial charge is 0.490 e. The van der Waals surface area contributed by atoms with Gasteiger partial charge in [-0.3, -0.25) is 0 Å². The lowest BCUT2D eigenvalue weighted by atomic mass is 10.1. The van der Waals surface area contributed by atoms with Crippen molar-refractivity contribution in [1.29, 1.82) is 0 Å². The zero-order valence-electron chi connectivity index (χ0n) is 11.9. The number of quaternary nitrogens is 1. The highest BCUT2D eigenvalue weighted by Gasteiger charge is 2.20. The minimum Gasteiger partial charge on any atom is -0.490 e. The highest BCUT2D eigenvalue weighted by Crippen LogP contribution is 2.32. The van der Waals surface area contributed by atoms with E-state index in [0.717, 1.165) is 30.0 Å². The maximum absolute atomic E-state index is 10.4. The third-order valence-electron chi connectivity index (χ3n) is 4.20. The van der Waals surface area contributed by atoms with Gasteiger partial charge in [-0.1, -0.05) is 6.07 Å². The van der Waals surface area contributed by atoms with Crippen LogP contribution in [-0.4, -0.2) is 38.0 Å². The number of hydrogen-bond donors (Lipinski definition) is 2. The van der Waals surface area contributed by atoms with Gasteiger partial charge in [0.15, 0.2) is 11.5 Å². The van der Waals surface area contributed by atoms with Crippen molar-refractivity contribution in [3.05, 3.63) is 23.8 Å². The van der Waals surface area contributed by atoms with Gasteiger partial charge >= 0.3 is 0 Å². The Morgan fingerprint density at radius 2 is 1.75 bits per heavy atom. The summed E-state index contributed by atoms with van der Waals surface area (Å²) in [5, 5.41) is 10.4. The number of benzene rings is 1. The summed E-state index contributed by atoms with van der Waals surface area (Å²) in [7, 11) is 0. The summed E-state index contributed by atoms with van der Waals surface area (Å²) in [6.07, 6.45) is 4.39. The van der Waals surface area contributed by atoms with E-state index in [4.69, 9.17) is 9.47 Å². The van der Waals surface area contributed by atoms with Crippen molar-refractivity contribution in [2.45, 2.75) is 31.8 Å². The van der Waals surface area contributed by atoms with Gasteiger partial charge in [-0.15, -0.1) is 0 Å². The van der Waals surface area contributed by atoms with Crippen molar-refractivity contribution in [3.63, 3.8) is 0 Å². The van der Waals surface area contributed by atoms with Gasteiger partial charge < -0.3 is 19.5 Å². The predicted octanol–water partition coefficient (Wildman–Crippen LogP) is 0.950. The fourth-order valence-corrected chi connectivity index (χ4v) is 3.03. The Labute approximate surface area is 120 Å². The number of fused-ring (bicyclic) bond motifs is 1. The number of piperidine rings is 1. The van der Waals surface area contributed by atoms with Crippen LogP contribution in [-0.2, 0) is 0 Å². The quantitative estimate of drug-likeness (QED) is 0.865. The molecule has 0 spiro atoms. The van der Waals surface area contributed by atoms with E-state index >= 15 is 0 Å². The molecule has 0 saturated carbocycles. The van der Waals surface area contributed by atoms with E-state index in [1.54, 1.807) is 0 Å². The van der Waals surface area contributed by atoms with E-state index in [9.17, 15) is 5.11 Å². The smallest absolute Gasteiger partial charge is 0.161 e. The van der Waals surface area contributed by atoms with Crippen molar-refractivity contribution in [1.82, 2.24) is 0 Å². The highest BCUT2D eigenvalue weighted by atomic mass is 16.5. The Hall–Kier alpha value is -1.26. The van der Waals surface area contributed by atoms with Crippen molar-refractivity contribution < 1.29 is 19.5 Å². The van der Waals surface area contributed by atoms with Gasteiger partial charge in [0.25, 0.3) is 0 Å². The summed E-state index contributed by atoms with van der Waals surface area (Å²) in [5.74, 6) is 1.57. The Bertz CT molecular complexity index is 443. The van der Waals surface area contributed by atoms with Gasteiger partial charge in [-0.25, -0.2) is 0 Å². The molecule has 0 aromatic heterocycles. The molecular formula is C16H24NO3+.